The SMILES string of the molecule is Cc1cc(=O)c(O)c(Cl)n1O. The largest absolute Gasteiger partial charge is 0.502 e. The lowest BCUT2D eigenvalue weighted by Crippen LogP contribution is -2.08. The zero-order valence-electron chi connectivity index (χ0n) is 5.71. The standard InChI is InChI=1S/C6H6ClNO3/c1-3-2-4(9)5(10)6(7)8(3)11/h2,10-11H,1H3. The van der Waals surface area contributed by atoms with Gasteiger partial charge in [-0.05, 0) is 6.92 Å². The third kappa shape index (κ3) is 1.17. The zero-order valence-corrected chi connectivity index (χ0v) is 6.46. The molecule has 0 fully saturated rings. The Hall–Kier alpha value is -1.16. The average Bonchev–Trinajstić information content (AvgIpc) is 1.97. The summed E-state index contributed by atoms with van der Waals surface area (Å²) >= 11 is 5.35. The fraction of sp³-hybridized carbons (Fsp3) is 0.167. The van der Waals surface area contributed by atoms with Gasteiger partial charge in [0.2, 0.25) is 11.2 Å². The van der Waals surface area contributed by atoms with Crippen LogP contribution in [0, 0.1) is 6.92 Å². The Bertz CT molecular complexity index is 344. The van der Waals surface area contributed by atoms with Gasteiger partial charge in [-0.2, -0.15) is 4.73 Å². The molecule has 0 bridgehead atoms. The van der Waals surface area contributed by atoms with Crippen LogP contribution in [-0.2, 0) is 0 Å². The molecular formula is C6H6ClNO3. The lowest BCUT2D eigenvalue weighted by molar-refractivity contribution is 0.175. The molecule has 0 aromatic carbocycles. The fourth-order valence-electron chi connectivity index (χ4n) is 0.676. The highest BCUT2D eigenvalue weighted by molar-refractivity contribution is 6.30. The number of nitrogens with zero attached hydrogens (tertiary/aromatic N) is 1. The number of aromatic hydroxyl groups is 1. The molecule has 0 saturated heterocycles. The van der Waals surface area contributed by atoms with Gasteiger partial charge in [0, 0.05) is 6.07 Å². The van der Waals surface area contributed by atoms with Gasteiger partial charge in [0.1, 0.15) is 0 Å². The van der Waals surface area contributed by atoms with E-state index in [9.17, 15) is 4.79 Å². The van der Waals surface area contributed by atoms with Crippen LogP contribution >= 0.6 is 11.6 Å². The van der Waals surface area contributed by atoms with Crippen molar-refractivity contribution < 1.29 is 10.3 Å². The first kappa shape index (κ1) is 7.94. The van der Waals surface area contributed by atoms with E-state index in [1.54, 1.807) is 0 Å². The molecule has 0 aliphatic rings. The van der Waals surface area contributed by atoms with Crippen molar-refractivity contribution in [2.24, 2.45) is 0 Å². The van der Waals surface area contributed by atoms with Gasteiger partial charge in [-0.3, -0.25) is 4.79 Å². The summed E-state index contributed by atoms with van der Waals surface area (Å²) in [6, 6.07) is 1.08. The highest BCUT2D eigenvalue weighted by Gasteiger charge is 2.08. The van der Waals surface area contributed by atoms with Crippen molar-refractivity contribution in [1.29, 1.82) is 0 Å². The summed E-state index contributed by atoms with van der Waals surface area (Å²) in [5, 5.41) is 17.5. The van der Waals surface area contributed by atoms with E-state index in [-0.39, 0.29) is 10.8 Å². The predicted molar refractivity (Wildman–Crippen MR) is 39.3 cm³/mol. The van der Waals surface area contributed by atoms with Crippen molar-refractivity contribution in [2.75, 3.05) is 0 Å². The van der Waals surface area contributed by atoms with Crippen LogP contribution in [0.2, 0.25) is 5.15 Å². The van der Waals surface area contributed by atoms with Crippen molar-refractivity contribution in [1.82, 2.24) is 4.73 Å². The highest BCUT2D eigenvalue weighted by atomic mass is 35.5. The molecule has 0 saturated carbocycles. The maximum Gasteiger partial charge on any atom is 0.225 e. The van der Waals surface area contributed by atoms with E-state index >= 15 is 0 Å². The summed E-state index contributed by atoms with van der Waals surface area (Å²) in [6.07, 6.45) is 0. The fourth-order valence-corrected chi connectivity index (χ4v) is 0.902. The maximum absolute atomic E-state index is 10.8. The number of hydrogen-bond acceptors (Lipinski definition) is 3. The molecule has 0 atom stereocenters. The van der Waals surface area contributed by atoms with Crippen LogP contribution in [0.25, 0.3) is 0 Å². The van der Waals surface area contributed by atoms with Gasteiger partial charge >= 0.3 is 0 Å². The molecule has 0 spiro atoms. The molecule has 60 valence electrons. The van der Waals surface area contributed by atoms with Gasteiger partial charge in [-0.1, -0.05) is 11.6 Å². The summed E-state index contributed by atoms with van der Waals surface area (Å²) in [6.45, 7) is 1.49. The van der Waals surface area contributed by atoms with Crippen molar-refractivity contribution in [2.45, 2.75) is 6.92 Å². The monoisotopic (exact) mass is 175 g/mol. The Labute approximate surface area is 67.2 Å². The van der Waals surface area contributed by atoms with E-state index in [2.05, 4.69) is 0 Å². The minimum absolute atomic E-state index is 0.276. The first-order chi connectivity index (χ1) is 5.04. The Morgan fingerprint density at radius 3 is 2.73 bits per heavy atom. The lowest BCUT2D eigenvalue weighted by atomic mass is 10.3. The zero-order chi connectivity index (χ0) is 8.59. The number of aromatic nitrogens is 1. The number of halogens is 1. The smallest absolute Gasteiger partial charge is 0.225 e. The molecule has 11 heavy (non-hydrogen) atoms. The van der Waals surface area contributed by atoms with E-state index in [1.165, 1.54) is 6.92 Å². The van der Waals surface area contributed by atoms with E-state index in [0.29, 0.717) is 4.73 Å². The molecule has 0 amide bonds. The normalized spacial score (nSPS) is 10.0. The van der Waals surface area contributed by atoms with Crippen LogP contribution in [0.1, 0.15) is 5.69 Å². The van der Waals surface area contributed by atoms with Crippen LogP contribution in [0.5, 0.6) is 5.75 Å². The van der Waals surface area contributed by atoms with Gasteiger partial charge in [0.15, 0.2) is 5.15 Å². The average molecular weight is 176 g/mol. The third-order valence-electron chi connectivity index (χ3n) is 1.29. The highest BCUT2D eigenvalue weighted by Crippen LogP contribution is 2.17. The predicted octanol–water partition coefficient (Wildman–Crippen LogP) is 0.753. The molecule has 0 unspecified atom stereocenters. The minimum atomic E-state index is -0.639. The number of aryl methyl sites for hydroxylation is 1. The first-order valence-electron chi connectivity index (χ1n) is 2.84. The van der Waals surface area contributed by atoms with E-state index in [1.807, 2.05) is 0 Å². The molecule has 1 aromatic rings. The van der Waals surface area contributed by atoms with E-state index < -0.39 is 11.2 Å². The maximum atomic E-state index is 10.8. The van der Waals surface area contributed by atoms with Crippen molar-refractivity contribution in [3.8, 4) is 5.75 Å². The molecule has 1 aromatic heterocycles. The second kappa shape index (κ2) is 2.47. The Morgan fingerprint density at radius 2 is 2.18 bits per heavy atom. The van der Waals surface area contributed by atoms with Crippen LogP contribution in [0.4, 0.5) is 0 Å². The summed E-state index contributed by atoms with van der Waals surface area (Å²) < 4.78 is 0.540. The summed E-state index contributed by atoms with van der Waals surface area (Å²) in [4.78, 5) is 10.8. The second-order valence-electron chi connectivity index (χ2n) is 2.10. The molecule has 0 aliphatic heterocycles. The quantitative estimate of drug-likeness (QED) is 0.452. The van der Waals surface area contributed by atoms with Gasteiger partial charge < -0.3 is 10.3 Å². The van der Waals surface area contributed by atoms with E-state index in [4.69, 9.17) is 21.9 Å². The van der Waals surface area contributed by atoms with Crippen LogP contribution in [-0.4, -0.2) is 15.0 Å². The second-order valence-corrected chi connectivity index (χ2v) is 2.46. The van der Waals surface area contributed by atoms with Crippen LogP contribution in [0.15, 0.2) is 10.9 Å². The van der Waals surface area contributed by atoms with Gasteiger partial charge in [-0.25, -0.2) is 0 Å². The summed E-state index contributed by atoms with van der Waals surface area (Å²) in [5.74, 6) is -0.639. The van der Waals surface area contributed by atoms with Crippen molar-refractivity contribution >= 4 is 11.6 Å². The topological polar surface area (TPSA) is 62.5 Å². The summed E-state index contributed by atoms with van der Waals surface area (Å²) in [5.41, 5.74) is -0.324. The minimum Gasteiger partial charge on any atom is -0.502 e. The number of rotatable bonds is 0. The first-order valence-corrected chi connectivity index (χ1v) is 3.22. The van der Waals surface area contributed by atoms with Crippen LogP contribution < -0.4 is 5.43 Å². The molecule has 0 radical (unpaired) electrons. The molecule has 4 nitrogen and oxygen atoms in total. The number of hydrogen-bond donors (Lipinski definition) is 2. The van der Waals surface area contributed by atoms with Crippen LogP contribution in [0.3, 0.4) is 0 Å². The van der Waals surface area contributed by atoms with E-state index in [0.717, 1.165) is 6.07 Å². The molecule has 5 heteroatoms. The molecular weight excluding hydrogens is 170 g/mol. The Kier molecular flexibility index (Phi) is 1.78. The lowest BCUT2D eigenvalue weighted by Gasteiger charge is -2.04. The number of pyridine rings is 1. The van der Waals surface area contributed by atoms with Gasteiger partial charge in [0.25, 0.3) is 0 Å². The third-order valence-corrected chi connectivity index (χ3v) is 1.63. The Balaban J connectivity index is 3.59. The van der Waals surface area contributed by atoms with Gasteiger partial charge in [0.05, 0.1) is 5.69 Å². The van der Waals surface area contributed by atoms with Crippen molar-refractivity contribution in [3.05, 3.63) is 27.1 Å². The Morgan fingerprint density at radius 1 is 1.64 bits per heavy atom. The molecule has 0 aliphatic carbocycles. The molecule has 1 rings (SSSR count). The summed E-state index contributed by atoms with van der Waals surface area (Å²) in [7, 11) is 0. The van der Waals surface area contributed by atoms with Gasteiger partial charge in [-0.15, -0.1) is 0 Å². The molecule has 1 heterocycles. The molecule has 2 N–H and O–H groups in total. The van der Waals surface area contributed by atoms with Crippen molar-refractivity contribution in [3.63, 3.8) is 0 Å².